The summed E-state index contributed by atoms with van der Waals surface area (Å²) in [6, 6.07) is 6.26. The summed E-state index contributed by atoms with van der Waals surface area (Å²) in [4.78, 5) is 9.18. The average Bonchev–Trinajstić information content (AvgIpc) is 2.89. The summed E-state index contributed by atoms with van der Waals surface area (Å²) in [7, 11) is 1.60. The molecule has 0 saturated carbocycles. The zero-order valence-electron chi connectivity index (χ0n) is 22.5. The summed E-state index contributed by atoms with van der Waals surface area (Å²) in [5, 5.41) is 32.4. The molecular formula is C27H38F2N4O5. The Kier molecular flexibility index (Phi) is 16.0. The molecule has 1 aromatic heterocycles. The van der Waals surface area contributed by atoms with Crippen LogP contribution in [0.25, 0.3) is 11.3 Å². The molecule has 1 aromatic carbocycles. The van der Waals surface area contributed by atoms with Crippen LogP contribution in [0.5, 0.6) is 11.5 Å². The third-order valence-electron chi connectivity index (χ3n) is 5.64. The molecule has 2 rings (SSSR count). The Labute approximate surface area is 223 Å². The van der Waals surface area contributed by atoms with Gasteiger partial charge in [0.05, 0.1) is 6.61 Å². The van der Waals surface area contributed by atoms with E-state index in [1.54, 1.807) is 14.0 Å². The SMILES string of the molecule is CCCCCC(CC)Nc1nnc(-c2ccc(OC(F)F)cc2O)c(CCCOC)c1C#N.CCOC=O. The fourth-order valence-corrected chi connectivity index (χ4v) is 3.71. The van der Waals surface area contributed by atoms with E-state index >= 15 is 0 Å². The molecule has 1 unspecified atom stereocenters. The van der Waals surface area contributed by atoms with E-state index in [0.717, 1.165) is 38.2 Å². The van der Waals surface area contributed by atoms with Crippen molar-refractivity contribution in [1.82, 2.24) is 10.2 Å². The van der Waals surface area contributed by atoms with Gasteiger partial charge in [0.2, 0.25) is 0 Å². The first-order chi connectivity index (χ1) is 18.4. The number of ether oxygens (including phenoxy) is 3. The van der Waals surface area contributed by atoms with Gasteiger partial charge >= 0.3 is 6.61 Å². The molecule has 0 spiro atoms. The van der Waals surface area contributed by atoms with E-state index in [1.165, 1.54) is 12.1 Å². The van der Waals surface area contributed by atoms with E-state index in [9.17, 15) is 23.9 Å². The van der Waals surface area contributed by atoms with Crippen molar-refractivity contribution in [3.63, 3.8) is 0 Å². The molecule has 210 valence electrons. The summed E-state index contributed by atoms with van der Waals surface area (Å²) in [5.41, 5.74) is 1.59. The van der Waals surface area contributed by atoms with E-state index in [4.69, 9.17) is 4.74 Å². The van der Waals surface area contributed by atoms with Crippen molar-refractivity contribution in [2.75, 3.05) is 25.6 Å². The predicted octanol–water partition coefficient (Wildman–Crippen LogP) is 5.85. The first kappa shape index (κ1) is 32.5. The lowest BCUT2D eigenvalue weighted by molar-refractivity contribution is -0.128. The Morgan fingerprint density at radius 2 is 1.95 bits per heavy atom. The van der Waals surface area contributed by atoms with Gasteiger partial charge in [-0.2, -0.15) is 14.0 Å². The molecule has 0 bridgehead atoms. The highest BCUT2D eigenvalue weighted by atomic mass is 19.3. The van der Waals surface area contributed by atoms with Crippen LogP contribution in [-0.4, -0.2) is 54.8 Å². The van der Waals surface area contributed by atoms with Gasteiger partial charge in [-0.25, -0.2) is 0 Å². The fraction of sp³-hybridized carbons (Fsp3) is 0.556. The number of phenolic OH excluding ortho intramolecular Hbond substituents is 1. The van der Waals surface area contributed by atoms with Crippen molar-refractivity contribution in [1.29, 1.82) is 5.26 Å². The normalized spacial score (nSPS) is 11.2. The van der Waals surface area contributed by atoms with Crippen LogP contribution in [0.1, 0.15) is 70.4 Å². The number of nitrogens with zero attached hydrogens (tertiary/aromatic N) is 3. The van der Waals surface area contributed by atoms with E-state index in [0.29, 0.717) is 55.2 Å². The second-order valence-corrected chi connectivity index (χ2v) is 8.31. The molecule has 0 saturated heterocycles. The molecule has 38 heavy (non-hydrogen) atoms. The van der Waals surface area contributed by atoms with Gasteiger partial charge in [-0.1, -0.05) is 33.1 Å². The van der Waals surface area contributed by atoms with Gasteiger partial charge in [-0.15, -0.1) is 10.2 Å². The number of benzene rings is 1. The Balaban J connectivity index is 0.00000132. The Bertz CT molecular complexity index is 1020. The molecule has 0 aliphatic carbocycles. The number of unbranched alkanes of at least 4 members (excludes halogenated alkanes) is 2. The molecule has 1 atom stereocenters. The summed E-state index contributed by atoms with van der Waals surface area (Å²) in [6.45, 7) is 4.38. The molecule has 9 nitrogen and oxygen atoms in total. The van der Waals surface area contributed by atoms with Crippen molar-refractivity contribution >= 4 is 12.3 Å². The van der Waals surface area contributed by atoms with Crippen LogP contribution in [0.3, 0.4) is 0 Å². The third-order valence-corrected chi connectivity index (χ3v) is 5.64. The van der Waals surface area contributed by atoms with Crippen molar-refractivity contribution < 1.29 is 32.9 Å². The number of aromatic nitrogens is 2. The first-order valence-electron chi connectivity index (χ1n) is 12.7. The highest BCUT2D eigenvalue weighted by molar-refractivity contribution is 5.74. The van der Waals surface area contributed by atoms with Crippen LogP contribution in [0.4, 0.5) is 14.6 Å². The summed E-state index contributed by atoms with van der Waals surface area (Å²) in [6.07, 6.45) is 6.29. The summed E-state index contributed by atoms with van der Waals surface area (Å²) in [5.74, 6) is -0.0444. The monoisotopic (exact) mass is 536 g/mol. The van der Waals surface area contributed by atoms with Gasteiger partial charge in [0.15, 0.2) is 5.82 Å². The number of rotatable bonds is 16. The molecule has 0 aliphatic heterocycles. The van der Waals surface area contributed by atoms with Gasteiger partial charge in [0.1, 0.15) is 28.8 Å². The minimum atomic E-state index is -3.00. The molecule has 2 N–H and O–H groups in total. The average molecular weight is 537 g/mol. The maximum atomic E-state index is 12.5. The van der Waals surface area contributed by atoms with Gasteiger partial charge in [-0.05, 0) is 44.7 Å². The molecule has 1 heterocycles. The minimum absolute atomic E-state index is 0.162. The van der Waals surface area contributed by atoms with Crippen LogP contribution in [0.2, 0.25) is 0 Å². The second-order valence-electron chi connectivity index (χ2n) is 8.31. The standard InChI is InChI=1S/C24H32F2N4O3.C3H6O2/c1-4-6-7-9-16(5-2)28-23-20(15-27)18(10-8-13-32-3)22(29-30-23)19-12-11-17(14-21(19)31)33-24(25)26;1-2-5-3-4/h11-12,14,16,24,31H,4-10,13H2,1-3H3,(H,28,30);3H,2H2,1H3. The number of carbonyl (C=O) groups excluding carboxylic acids is 1. The molecule has 2 aromatic rings. The number of carbonyl (C=O) groups is 1. The quantitative estimate of drug-likeness (QED) is 0.201. The van der Waals surface area contributed by atoms with E-state index in [1.807, 2.05) is 0 Å². The van der Waals surface area contributed by atoms with Crippen LogP contribution in [-0.2, 0) is 20.7 Å². The van der Waals surface area contributed by atoms with E-state index in [2.05, 4.69) is 44.9 Å². The smallest absolute Gasteiger partial charge is 0.387 e. The molecule has 0 aliphatic rings. The van der Waals surface area contributed by atoms with Crippen LogP contribution in [0.15, 0.2) is 18.2 Å². The number of nitrogens with one attached hydrogen (secondary N) is 1. The van der Waals surface area contributed by atoms with Crippen molar-refractivity contribution in [2.24, 2.45) is 0 Å². The summed E-state index contributed by atoms with van der Waals surface area (Å²) < 4.78 is 38.7. The number of anilines is 1. The molecule has 0 amide bonds. The van der Waals surface area contributed by atoms with Crippen molar-refractivity contribution in [3.8, 4) is 28.8 Å². The first-order valence-corrected chi connectivity index (χ1v) is 12.7. The van der Waals surface area contributed by atoms with Gasteiger partial charge < -0.3 is 24.6 Å². The molecule has 0 fully saturated rings. The second kappa shape index (κ2) is 18.7. The Morgan fingerprint density at radius 1 is 1.18 bits per heavy atom. The van der Waals surface area contributed by atoms with Crippen LogP contribution in [0, 0.1) is 11.3 Å². The molecule has 11 heteroatoms. The lowest BCUT2D eigenvalue weighted by Crippen LogP contribution is -2.21. The predicted molar refractivity (Wildman–Crippen MR) is 140 cm³/mol. The lowest BCUT2D eigenvalue weighted by atomic mass is 9.97. The molecule has 0 radical (unpaired) electrons. The highest BCUT2D eigenvalue weighted by Gasteiger charge is 2.21. The largest absolute Gasteiger partial charge is 0.507 e. The summed E-state index contributed by atoms with van der Waals surface area (Å²) >= 11 is 0. The number of alkyl halides is 2. The molecular weight excluding hydrogens is 498 g/mol. The van der Waals surface area contributed by atoms with Gasteiger partial charge in [0, 0.05) is 37.0 Å². The maximum absolute atomic E-state index is 12.5. The van der Waals surface area contributed by atoms with Crippen LogP contribution >= 0.6 is 0 Å². The number of methoxy groups -OCH3 is 1. The lowest BCUT2D eigenvalue weighted by Gasteiger charge is -2.20. The number of aromatic hydroxyl groups is 1. The Morgan fingerprint density at radius 3 is 2.47 bits per heavy atom. The minimum Gasteiger partial charge on any atom is -0.507 e. The van der Waals surface area contributed by atoms with E-state index < -0.39 is 6.61 Å². The number of nitriles is 1. The number of phenols is 1. The van der Waals surface area contributed by atoms with Crippen LogP contribution < -0.4 is 10.1 Å². The van der Waals surface area contributed by atoms with Gasteiger partial charge in [-0.3, -0.25) is 4.79 Å². The topological polar surface area (TPSA) is 127 Å². The maximum Gasteiger partial charge on any atom is 0.387 e. The number of hydrogen-bond donors (Lipinski definition) is 2. The number of hydrogen-bond acceptors (Lipinski definition) is 9. The zero-order chi connectivity index (χ0) is 28.3. The van der Waals surface area contributed by atoms with Gasteiger partial charge in [0.25, 0.3) is 6.47 Å². The number of halogens is 2. The third kappa shape index (κ3) is 10.8. The zero-order valence-corrected chi connectivity index (χ0v) is 22.5. The fourth-order valence-electron chi connectivity index (χ4n) is 3.71. The van der Waals surface area contributed by atoms with Crippen molar-refractivity contribution in [2.45, 2.75) is 78.4 Å². The van der Waals surface area contributed by atoms with E-state index in [-0.39, 0.29) is 23.1 Å². The van der Waals surface area contributed by atoms with Crippen molar-refractivity contribution in [3.05, 3.63) is 29.3 Å². The Hall–Kier alpha value is -3.52. The highest BCUT2D eigenvalue weighted by Crippen LogP contribution is 2.36.